The number of carbonyl (C=O) groups excluding carboxylic acids is 1. The van der Waals surface area contributed by atoms with Crippen LogP contribution in [-0.2, 0) is 4.79 Å². The maximum absolute atomic E-state index is 12.6. The van der Waals surface area contributed by atoms with Crippen molar-refractivity contribution >= 4 is 11.6 Å². The summed E-state index contributed by atoms with van der Waals surface area (Å²) < 4.78 is 0. The van der Waals surface area contributed by atoms with E-state index in [1.807, 2.05) is 73.7 Å². The van der Waals surface area contributed by atoms with Gasteiger partial charge in [-0.1, -0.05) is 66.2 Å². The lowest BCUT2D eigenvalue weighted by Crippen LogP contribution is -2.16. The van der Waals surface area contributed by atoms with Gasteiger partial charge in [-0.15, -0.1) is 0 Å². The van der Waals surface area contributed by atoms with E-state index in [-0.39, 0.29) is 24.0 Å². The Kier molecular flexibility index (Phi) is 5.14. The van der Waals surface area contributed by atoms with Crippen LogP contribution in [0.1, 0.15) is 29.0 Å². The van der Waals surface area contributed by atoms with Crippen LogP contribution in [0.5, 0.6) is 5.75 Å². The largest absolute Gasteiger partial charge is 0.508 e. The van der Waals surface area contributed by atoms with Gasteiger partial charge in [0, 0.05) is 23.6 Å². The Morgan fingerprint density at radius 2 is 1.56 bits per heavy atom. The van der Waals surface area contributed by atoms with Gasteiger partial charge < -0.3 is 10.4 Å². The van der Waals surface area contributed by atoms with E-state index >= 15 is 0 Å². The highest BCUT2D eigenvalue weighted by atomic mass is 16.3. The van der Waals surface area contributed by atoms with E-state index in [9.17, 15) is 9.90 Å². The van der Waals surface area contributed by atoms with Crippen LogP contribution in [0.2, 0.25) is 0 Å². The van der Waals surface area contributed by atoms with E-state index in [0.29, 0.717) is 0 Å². The summed E-state index contributed by atoms with van der Waals surface area (Å²) in [5.41, 5.74) is 3.69. The fraction of sp³-hybridized carbons (Fsp3) is 0.136. The highest BCUT2D eigenvalue weighted by Crippen LogP contribution is 2.33. The van der Waals surface area contributed by atoms with Gasteiger partial charge in [0.05, 0.1) is 0 Å². The van der Waals surface area contributed by atoms with Crippen molar-refractivity contribution in [3.63, 3.8) is 0 Å². The van der Waals surface area contributed by atoms with Gasteiger partial charge in [0.2, 0.25) is 5.91 Å². The summed E-state index contributed by atoms with van der Waals surface area (Å²) in [4.78, 5) is 12.6. The smallest absolute Gasteiger partial charge is 0.225 e. The standard InChI is InChI=1S/C22H21NO2/c1-16-11-13-18(14-12-16)23-22(25)15-20(17-7-3-2-4-8-17)19-9-5-6-10-21(19)24/h2-14,20,24H,15H2,1H3,(H,23,25)/t20-/m1/s1. The Labute approximate surface area is 148 Å². The highest BCUT2D eigenvalue weighted by molar-refractivity contribution is 5.91. The molecule has 0 aromatic heterocycles. The highest BCUT2D eigenvalue weighted by Gasteiger charge is 2.20. The van der Waals surface area contributed by atoms with Crippen LogP contribution in [0, 0.1) is 6.92 Å². The van der Waals surface area contributed by atoms with Crippen LogP contribution in [0.3, 0.4) is 0 Å². The molecule has 2 N–H and O–H groups in total. The molecular formula is C22H21NO2. The second kappa shape index (κ2) is 7.67. The average Bonchev–Trinajstić information content (AvgIpc) is 2.63. The summed E-state index contributed by atoms with van der Waals surface area (Å²) >= 11 is 0. The first-order valence-corrected chi connectivity index (χ1v) is 8.33. The van der Waals surface area contributed by atoms with Crippen molar-refractivity contribution in [2.24, 2.45) is 0 Å². The van der Waals surface area contributed by atoms with E-state index < -0.39 is 0 Å². The van der Waals surface area contributed by atoms with E-state index in [4.69, 9.17) is 0 Å². The van der Waals surface area contributed by atoms with Crippen molar-refractivity contribution in [3.05, 3.63) is 95.6 Å². The molecular weight excluding hydrogens is 310 g/mol. The summed E-state index contributed by atoms with van der Waals surface area (Å²) in [7, 11) is 0. The van der Waals surface area contributed by atoms with Crippen LogP contribution in [0.25, 0.3) is 0 Å². The Bertz CT molecular complexity index is 841. The molecule has 126 valence electrons. The van der Waals surface area contributed by atoms with Gasteiger partial charge in [0.15, 0.2) is 0 Å². The quantitative estimate of drug-likeness (QED) is 0.701. The zero-order valence-electron chi connectivity index (χ0n) is 14.1. The number of amides is 1. The number of anilines is 1. The first-order chi connectivity index (χ1) is 12.1. The number of hydrogen-bond donors (Lipinski definition) is 2. The van der Waals surface area contributed by atoms with Gasteiger partial charge in [-0.3, -0.25) is 4.79 Å². The first-order valence-electron chi connectivity index (χ1n) is 8.33. The van der Waals surface area contributed by atoms with Crippen LogP contribution < -0.4 is 5.32 Å². The Hall–Kier alpha value is -3.07. The third-order valence-corrected chi connectivity index (χ3v) is 4.24. The minimum absolute atomic E-state index is 0.0824. The monoisotopic (exact) mass is 331 g/mol. The number of nitrogens with one attached hydrogen (secondary N) is 1. The molecule has 0 saturated heterocycles. The third kappa shape index (κ3) is 4.27. The number of hydrogen-bond acceptors (Lipinski definition) is 2. The van der Waals surface area contributed by atoms with Crippen LogP contribution >= 0.6 is 0 Å². The molecule has 0 aliphatic heterocycles. The van der Waals surface area contributed by atoms with Gasteiger partial charge in [-0.05, 0) is 30.7 Å². The molecule has 3 aromatic rings. The SMILES string of the molecule is Cc1ccc(NC(=O)C[C@H](c2ccccc2)c2ccccc2O)cc1. The molecule has 0 spiro atoms. The molecule has 1 amide bonds. The minimum Gasteiger partial charge on any atom is -0.508 e. The lowest BCUT2D eigenvalue weighted by atomic mass is 9.87. The lowest BCUT2D eigenvalue weighted by Gasteiger charge is -2.19. The fourth-order valence-corrected chi connectivity index (χ4v) is 2.91. The topological polar surface area (TPSA) is 49.3 Å². The molecule has 1 atom stereocenters. The van der Waals surface area contributed by atoms with Gasteiger partial charge >= 0.3 is 0 Å². The van der Waals surface area contributed by atoms with E-state index in [0.717, 1.165) is 22.4 Å². The molecule has 0 aliphatic carbocycles. The minimum atomic E-state index is -0.201. The molecule has 0 fully saturated rings. The van der Waals surface area contributed by atoms with Crippen LogP contribution in [0.4, 0.5) is 5.69 Å². The van der Waals surface area contributed by atoms with Crippen molar-refractivity contribution in [2.75, 3.05) is 5.32 Å². The number of phenols is 1. The number of carbonyl (C=O) groups is 1. The number of rotatable bonds is 5. The molecule has 0 saturated carbocycles. The number of phenolic OH excluding ortho intramolecular Hbond substituents is 1. The predicted molar refractivity (Wildman–Crippen MR) is 101 cm³/mol. The maximum atomic E-state index is 12.6. The van der Waals surface area contributed by atoms with Crippen molar-refractivity contribution in [1.82, 2.24) is 0 Å². The summed E-state index contributed by atoms with van der Waals surface area (Å²) in [6.07, 6.45) is 0.259. The Morgan fingerprint density at radius 1 is 0.920 bits per heavy atom. The summed E-state index contributed by atoms with van der Waals surface area (Å²) in [6.45, 7) is 2.01. The van der Waals surface area contributed by atoms with Crippen LogP contribution in [0.15, 0.2) is 78.9 Å². The molecule has 0 radical (unpaired) electrons. The molecule has 25 heavy (non-hydrogen) atoms. The number of para-hydroxylation sites is 1. The number of aryl methyl sites for hydroxylation is 1. The lowest BCUT2D eigenvalue weighted by molar-refractivity contribution is -0.116. The fourth-order valence-electron chi connectivity index (χ4n) is 2.91. The van der Waals surface area contributed by atoms with Crippen LogP contribution in [-0.4, -0.2) is 11.0 Å². The summed E-state index contributed by atoms with van der Waals surface area (Å²) in [5.74, 6) is -0.0757. The summed E-state index contributed by atoms with van der Waals surface area (Å²) in [6, 6.07) is 24.7. The zero-order valence-corrected chi connectivity index (χ0v) is 14.1. The van der Waals surface area contributed by atoms with Crippen molar-refractivity contribution in [1.29, 1.82) is 0 Å². The number of benzene rings is 3. The Morgan fingerprint density at radius 3 is 2.24 bits per heavy atom. The second-order valence-electron chi connectivity index (χ2n) is 6.14. The van der Waals surface area contributed by atoms with Gasteiger partial charge in [0.25, 0.3) is 0 Å². The molecule has 0 aliphatic rings. The second-order valence-corrected chi connectivity index (χ2v) is 6.14. The number of aromatic hydroxyl groups is 1. The van der Waals surface area contributed by atoms with Gasteiger partial charge in [0.1, 0.15) is 5.75 Å². The van der Waals surface area contributed by atoms with E-state index in [1.54, 1.807) is 12.1 Å². The van der Waals surface area contributed by atoms with E-state index in [1.165, 1.54) is 0 Å². The Balaban J connectivity index is 1.84. The van der Waals surface area contributed by atoms with Crippen molar-refractivity contribution in [3.8, 4) is 5.75 Å². The maximum Gasteiger partial charge on any atom is 0.225 e. The molecule has 3 aromatic carbocycles. The van der Waals surface area contributed by atoms with Gasteiger partial charge in [-0.2, -0.15) is 0 Å². The normalized spacial score (nSPS) is 11.7. The molecule has 0 bridgehead atoms. The molecule has 3 nitrogen and oxygen atoms in total. The molecule has 3 rings (SSSR count). The third-order valence-electron chi connectivity index (χ3n) is 4.24. The first kappa shape index (κ1) is 16.8. The molecule has 3 heteroatoms. The molecule has 0 heterocycles. The summed E-state index contributed by atoms with van der Waals surface area (Å²) in [5, 5.41) is 13.2. The van der Waals surface area contributed by atoms with E-state index in [2.05, 4.69) is 5.32 Å². The zero-order chi connectivity index (χ0) is 17.6. The predicted octanol–water partition coefficient (Wildman–Crippen LogP) is 4.86. The van der Waals surface area contributed by atoms with Crippen molar-refractivity contribution < 1.29 is 9.90 Å². The van der Waals surface area contributed by atoms with Gasteiger partial charge in [-0.25, -0.2) is 0 Å². The molecule has 0 unspecified atom stereocenters. The van der Waals surface area contributed by atoms with Crippen molar-refractivity contribution in [2.45, 2.75) is 19.3 Å². The average molecular weight is 331 g/mol.